The number of ether oxygens (including phenoxy) is 3. The first kappa shape index (κ1) is 12.9. The molecule has 5 nitrogen and oxygen atoms in total. The Morgan fingerprint density at radius 3 is 2.65 bits per heavy atom. The quantitative estimate of drug-likeness (QED) is 0.617. The van der Waals surface area contributed by atoms with Crippen molar-refractivity contribution < 1.29 is 23.8 Å². The Balaban J connectivity index is 1.73. The number of rotatable bonds is 3. The van der Waals surface area contributed by atoms with Crippen LogP contribution in [0.3, 0.4) is 0 Å². The Bertz CT molecular complexity index is 563. The van der Waals surface area contributed by atoms with E-state index in [9.17, 15) is 9.59 Å². The minimum atomic E-state index is -0.532. The van der Waals surface area contributed by atoms with Gasteiger partial charge in [0.2, 0.25) is 0 Å². The van der Waals surface area contributed by atoms with Gasteiger partial charge in [-0.25, -0.2) is 9.59 Å². The van der Waals surface area contributed by atoms with Gasteiger partial charge in [-0.3, -0.25) is 0 Å². The Morgan fingerprint density at radius 2 is 1.95 bits per heavy atom. The second-order valence-electron chi connectivity index (χ2n) is 4.76. The van der Waals surface area contributed by atoms with Crippen molar-refractivity contribution in [3.05, 3.63) is 47.5 Å². The average molecular weight is 274 g/mol. The molecular weight excluding hydrogens is 260 g/mol. The minimum Gasteiger partial charge on any atom is -0.466 e. The minimum absolute atomic E-state index is 0.0531. The standard InChI is InChI=1S/C15H14O5/c1-18-14(16)10-7-11-13(19-11)12(8-10)20-15(17)9-5-3-2-4-6-9/h2-6,8,11-13H,7H2,1H3. The summed E-state index contributed by atoms with van der Waals surface area (Å²) in [5.41, 5.74) is 0.973. The molecule has 2 aliphatic rings. The van der Waals surface area contributed by atoms with Crippen LogP contribution in [0.25, 0.3) is 0 Å². The Kier molecular flexibility index (Phi) is 3.28. The van der Waals surface area contributed by atoms with Gasteiger partial charge in [0.15, 0.2) is 0 Å². The number of benzene rings is 1. The van der Waals surface area contributed by atoms with E-state index >= 15 is 0 Å². The summed E-state index contributed by atoms with van der Waals surface area (Å²) >= 11 is 0. The lowest BCUT2D eigenvalue weighted by atomic mass is 9.97. The number of methoxy groups -OCH3 is 1. The lowest BCUT2D eigenvalue weighted by Gasteiger charge is -2.17. The highest BCUT2D eigenvalue weighted by Gasteiger charge is 2.50. The summed E-state index contributed by atoms with van der Waals surface area (Å²) < 4.78 is 15.5. The van der Waals surface area contributed by atoms with Crippen LogP contribution in [-0.4, -0.2) is 37.4 Å². The monoisotopic (exact) mass is 274 g/mol. The number of hydrogen-bond acceptors (Lipinski definition) is 5. The molecule has 1 heterocycles. The molecule has 20 heavy (non-hydrogen) atoms. The smallest absolute Gasteiger partial charge is 0.338 e. The van der Waals surface area contributed by atoms with E-state index in [2.05, 4.69) is 0 Å². The third kappa shape index (κ3) is 2.44. The van der Waals surface area contributed by atoms with Crippen molar-refractivity contribution >= 4 is 11.9 Å². The molecule has 1 aliphatic carbocycles. The molecular formula is C15H14O5. The third-order valence-corrected chi connectivity index (χ3v) is 3.43. The highest BCUT2D eigenvalue weighted by atomic mass is 16.6. The van der Waals surface area contributed by atoms with E-state index in [1.54, 1.807) is 30.3 Å². The maximum absolute atomic E-state index is 12.0. The Hall–Kier alpha value is -2.14. The van der Waals surface area contributed by atoms with Crippen LogP contribution in [0.1, 0.15) is 16.8 Å². The van der Waals surface area contributed by atoms with Gasteiger partial charge in [0.25, 0.3) is 0 Å². The molecule has 1 aromatic carbocycles. The van der Waals surface area contributed by atoms with Gasteiger partial charge in [-0.15, -0.1) is 0 Å². The number of esters is 2. The van der Waals surface area contributed by atoms with Crippen LogP contribution in [0.15, 0.2) is 42.0 Å². The molecule has 5 heteroatoms. The summed E-state index contributed by atoms with van der Waals surface area (Å²) in [4.78, 5) is 23.5. The normalized spacial score (nSPS) is 27.1. The highest BCUT2D eigenvalue weighted by Crippen LogP contribution is 2.38. The van der Waals surface area contributed by atoms with Gasteiger partial charge in [0.05, 0.1) is 18.8 Å². The molecule has 0 N–H and O–H groups in total. The SMILES string of the molecule is COC(=O)C1=CC(OC(=O)c2ccccc2)C2OC2C1. The zero-order chi connectivity index (χ0) is 14.1. The van der Waals surface area contributed by atoms with Gasteiger partial charge in [0, 0.05) is 12.0 Å². The van der Waals surface area contributed by atoms with Crippen molar-refractivity contribution in [1.82, 2.24) is 0 Å². The summed E-state index contributed by atoms with van der Waals surface area (Å²) in [6.45, 7) is 0. The molecule has 3 rings (SSSR count). The van der Waals surface area contributed by atoms with Crippen molar-refractivity contribution in [2.75, 3.05) is 7.11 Å². The fraction of sp³-hybridized carbons (Fsp3) is 0.333. The maximum atomic E-state index is 12.0. The van der Waals surface area contributed by atoms with Crippen LogP contribution < -0.4 is 0 Å². The zero-order valence-electron chi connectivity index (χ0n) is 10.9. The fourth-order valence-corrected chi connectivity index (χ4v) is 2.34. The van der Waals surface area contributed by atoms with Crippen LogP contribution in [0.5, 0.6) is 0 Å². The molecule has 0 amide bonds. The topological polar surface area (TPSA) is 65.1 Å². The van der Waals surface area contributed by atoms with Crippen LogP contribution in [0, 0.1) is 0 Å². The predicted molar refractivity (Wildman–Crippen MR) is 69.0 cm³/mol. The highest BCUT2D eigenvalue weighted by molar-refractivity contribution is 5.91. The van der Waals surface area contributed by atoms with Gasteiger partial charge in [-0.1, -0.05) is 18.2 Å². The maximum Gasteiger partial charge on any atom is 0.338 e. The van der Waals surface area contributed by atoms with Crippen LogP contribution >= 0.6 is 0 Å². The van der Waals surface area contributed by atoms with E-state index in [-0.39, 0.29) is 12.2 Å². The number of hydrogen-bond donors (Lipinski definition) is 0. The van der Waals surface area contributed by atoms with Crippen LogP contribution in [-0.2, 0) is 19.0 Å². The van der Waals surface area contributed by atoms with E-state index in [4.69, 9.17) is 14.2 Å². The molecule has 0 bridgehead atoms. The van der Waals surface area contributed by atoms with Crippen LogP contribution in [0.2, 0.25) is 0 Å². The summed E-state index contributed by atoms with van der Waals surface area (Å²) in [5, 5.41) is 0. The number of epoxide rings is 1. The lowest BCUT2D eigenvalue weighted by molar-refractivity contribution is -0.136. The Labute approximate surface area is 116 Å². The van der Waals surface area contributed by atoms with Crippen molar-refractivity contribution in [3.8, 4) is 0 Å². The molecule has 3 atom stereocenters. The molecule has 0 saturated carbocycles. The fourth-order valence-electron chi connectivity index (χ4n) is 2.34. The van der Waals surface area contributed by atoms with Gasteiger partial charge in [-0.05, 0) is 18.2 Å². The van der Waals surface area contributed by atoms with Crippen molar-refractivity contribution in [2.24, 2.45) is 0 Å². The summed E-state index contributed by atoms with van der Waals surface area (Å²) in [5.74, 6) is -0.827. The van der Waals surface area contributed by atoms with E-state index in [0.29, 0.717) is 17.6 Å². The third-order valence-electron chi connectivity index (χ3n) is 3.43. The first-order chi connectivity index (χ1) is 9.69. The summed E-state index contributed by atoms with van der Waals surface area (Å²) in [6.07, 6.45) is 1.41. The average Bonchev–Trinajstić information content (AvgIpc) is 3.27. The van der Waals surface area contributed by atoms with Gasteiger partial charge in [0.1, 0.15) is 12.2 Å². The molecule has 0 spiro atoms. The molecule has 3 unspecified atom stereocenters. The molecule has 1 fully saturated rings. The Morgan fingerprint density at radius 1 is 1.20 bits per heavy atom. The number of carbonyl (C=O) groups excluding carboxylic acids is 2. The molecule has 1 aliphatic heterocycles. The second kappa shape index (κ2) is 5.09. The van der Waals surface area contributed by atoms with E-state index in [1.165, 1.54) is 7.11 Å². The van der Waals surface area contributed by atoms with E-state index in [1.807, 2.05) is 6.07 Å². The molecule has 1 saturated heterocycles. The van der Waals surface area contributed by atoms with Crippen molar-refractivity contribution in [3.63, 3.8) is 0 Å². The summed E-state index contributed by atoms with van der Waals surface area (Å²) in [7, 11) is 1.33. The largest absolute Gasteiger partial charge is 0.466 e. The summed E-state index contributed by atoms with van der Waals surface area (Å²) in [6, 6.07) is 8.72. The van der Waals surface area contributed by atoms with Gasteiger partial charge < -0.3 is 14.2 Å². The zero-order valence-corrected chi connectivity index (χ0v) is 10.9. The van der Waals surface area contributed by atoms with Gasteiger partial charge in [-0.2, -0.15) is 0 Å². The van der Waals surface area contributed by atoms with E-state index in [0.717, 1.165) is 0 Å². The first-order valence-electron chi connectivity index (χ1n) is 6.39. The second-order valence-corrected chi connectivity index (χ2v) is 4.76. The molecule has 104 valence electrons. The lowest BCUT2D eigenvalue weighted by Crippen LogP contribution is -2.28. The van der Waals surface area contributed by atoms with Gasteiger partial charge >= 0.3 is 11.9 Å². The van der Waals surface area contributed by atoms with E-state index < -0.39 is 18.0 Å². The number of fused-ring (bicyclic) bond motifs is 1. The van der Waals surface area contributed by atoms with Crippen molar-refractivity contribution in [1.29, 1.82) is 0 Å². The van der Waals surface area contributed by atoms with Crippen LogP contribution in [0.4, 0.5) is 0 Å². The molecule has 1 aromatic rings. The number of carbonyl (C=O) groups is 2. The predicted octanol–water partition coefficient (Wildman–Crippen LogP) is 1.48. The first-order valence-corrected chi connectivity index (χ1v) is 6.39. The molecule has 0 radical (unpaired) electrons. The van der Waals surface area contributed by atoms with Crippen molar-refractivity contribution in [2.45, 2.75) is 24.7 Å². The molecule has 0 aromatic heterocycles.